The van der Waals surface area contributed by atoms with Crippen LogP contribution in [0.25, 0.3) is 11.5 Å². The third-order valence-corrected chi connectivity index (χ3v) is 19.3. The van der Waals surface area contributed by atoms with E-state index in [0.29, 0.717) is 85.4 Å². The van der Waals surface area contributed by atoms with Crippen LogP contribution in [-0.2, 0) is 48.3 Å². The summed E-state index contributed by atoms with van der Waals surface area (Å²) in [5.74, 6) is -2.20. The summed E-state index contributed by atoms with van der Waals surface area (Å²) in [6.45, 7) is 5.01. The predicted octanol–water partition coefficient (Wildman–Crippen LogP) is 15.6. The Hall–Kier alpha value is -6.69. The number of hydrogen-bond donors (Lipinski definition) is 3. The third kappa shape index (κ3) is 13.7. The second kappa shape index (κ2) is 26.7. The number of ether oxygens (including phenoxy) is 2. The van der Waals surface area contributed by atoms with Crippen LogP contribution in [0.3, 0.4) is 0 Å². The number of carboxylic acid groups (broad SMARTS) is 1. The van der Waals surface area contributed by atoms with E-state index < -0.39 is 41.4 Å². The van der Waals surface area contributed by atoms with Crippen molar-refractivity contribution in [2.24, 2.45) is 0 Å². The number of benzene rings is 6. The molecule has 0 spiro atoms. The van der Waals surface area contributed by atoms with Gasteiger partial charge in [0.05, 0.1) is 23.2 Å². The Balaban J connectivity index is 0.000000180. The molecule has 2 aromatic heterocycles. The van der Waals surface area contributed by atoms with Gasteiger partial charge >= 0.3 is 11.8 Å². The lowest BCUT2D eigenvalue weighted by atomic mass is 9.94. The number of nitrogens with zero attached hydrogens (tertiary/aromatic N) is 6. The van der Waals surface area contributed by atoms with Gasteiger partial charge in [-0.1, -0.05) is 152 Å². The fourth-order valence-corrected chi connectivity index (χ4v) is 15.0. The molecule has 0 saturated carbocycles. The lowest BCUT2D eigenvalue weighted by Crippen LogP contribution is -2.29. The molecule has 4 atom stereocenters. The normalized spacial score (nSPS) is 18.8. The van der Waals surface area contributed by atoms with Gasteiger partial charge in [0.25, 0.3) is 17.5 Å². The summed E-state index contributed by atoms with van der Waals surface area (Å²) in [7, 11) is 0. The first kappa shape index (κ1) is 62.4. The molecule has 2 amide bonds. The molecule has 440 valence electrons. The number of carbonyl (C=O) groups excluding carboxylic acids is 4. The maximum Gasteiger partial charge on any atom is 0.301 e. The number of carbonyl (C=O) groups is 5. The van der Waals surface area contributed by atoms with Crippen molar-refractivity contribution in [1.29, 1.82) is 0 Å². The zero-order valence-corrected chi connectivity index (χ0v) is 52.8. The number of thioether (sulfide) groups is 2. The van der Waals surface area contributed by atoms with Crippen LogP contribution < -0.4 is 19.3 Å². The third-order valence-electron chi connectivity index (χ3n) is 13.5. The average Bonchev–Trinajstić information content (AvgIpc) is 1.95. The second-order valence-electron chi connectivity index (χ2n) is 19.6. The molecule has 6 heterocycles. The van der Waals surface area contributed by atoms with E-state index in [1.54, 1.807) is 109 Å². The van der Waals surface area contributed by atoms with E-state index >= 15 is 0 Å². The number of fused-ring (bicyclic) bond motifs is 2. The Morgan fingerprint density at radius 3 is 1.30 bits per heavy atom. The summed E-state index contributed by atoms with van der Waals surface area (Å²) in [4.78, 5) is 65.5. The molecule has 16 nitrogen and oxygen atoms in total. The van der Waals surface area contributed by atoms with Crippen LogP contribution in [0.15, 0.2) is 141 Å². The highest BCUT2D eigenvalue weighted by molar-refractivity contribution is 8.00. The monoisotopic (exact) mass is 1350 g/mol. The molecule has 4 unspecified atom stereocenters. The molecule has 4 aliphatic heterocycles. The molecule has 26 heteroatoms. The molecule has 12 rings (SSSR count). The van der Waals surface area contributed by atoms with E-state index in [9.17, 15) is 29.4 Å². The smallest absolute Gasteiger partial charge is 0.301 e. The van der Waals surface area contributed by atoms with E-state index in [-0.39, 0.29) is 45.1 Å². The van der Waals surface area contributed by atoms with Crippen molar-refractivity contribution in [3.63, 3.8) is 0 Å². The van der Waals surface area contributed by atoms with Gasteiger partial charge in [-0.25, -0.2) is 0 Å². The van der Waals surface area contributed by atoms with Crippen LogP contribution in [-0.4, -0.2) is 77.3 Å². The summed E-state index contributed by atoms with van der Waals surface area (Å²) in [5, 5.41) is 50.8. The second-order valence-corrected chi connectivity index (χ2v) is 26.5. The van der Waals surface area contributed by atoms with Gasteiger partial charge in [0, 0.05) is 72.5 Å². The Morgan fingerprint density at radius 2 is 0.930 bits per heavy atom. The van der Waals surface area contributed by atoms with E-state index in [0.717, 1.165) is 63.4 Å². The number of carboxylic acids is 1. The van der Waals surface area contributed by atoms with Crippen LogP contribution in [0.4, 0.5) is 10.3 Å². The van der Waals surface area contributed by atoms with E-state index in [1.807, 2.05) is 26.0 Å². The maximum absolute atomic E-state index is 13.5. The number of aromatic nitrogens is 4. The molecular formula is C60H44Cl6N6O10S4. The van der Waals surface area contributed by atoms with Gasteiger partial charge in [0.2, 0.25) is 10.3 Å². The van der Waals surface area contributed by atoms with E-state index in [1.165, 1.54) is 33.3 Å². The van der Waals surface area contributed by atoms with Gasteiger partial charge < -0.3 is 24.8 Å². The summed E-state index contributed by atoms with van der Waals surface area (Å²) >= 11 is 42.3. The Morgan fingerprint density at radius 1 is 0.547 bits per heavy atom. The minimum Gasteiger partial charge on any atom is -0.507 e. The predicted molar refractivity (Wildman–Crippen MR) is 338 cm³/mol. The minimum atomic E-state index is -0.964. The minimum absolute atomic E-state index is 0.0135. The first-order chi connectivity index (χ1) is 41.1. The first-order valence-electron chi connectivity index (χ1n) is 25.8. The largest absolute Gasteiger partial charge is 0.507 e. The maximum atomic E-state index is 13.5. The number of ketones is 2. The molecule has 0 bridgehead atoms. The van der Waals surface area contributed by atoms with Gasteiger partial charge in [-0.15, -0.1) is 20.4 Å². The highest BCUT2D eigenvalue weighted by Crippen LogP contribution is 2.48. The van der Waals surface area contributed by atoms with Crippen molar-refractivity contribution < 1.29 is 48.8 Å². The number of amides is 2. The summed E-state index contributed by atoms with van der Waals surface area (Å²) in [6.07, 6.45) is 1.38. The van der Waals surface area contributed by atoms with Crippen molar-refractivity contribution >= 4 is 167 Å². The first-order valence-corrected chi connectivity index (χ1v) is 31.7. The van der Waals surface area contributed by atoms with E-state index in [4.69, 9.17) is 89.0 Å². The molecule has 8 aromatic rings. The molecule has 86 heavy (non-hydrogen) atoms. The molecule has 6 aromatic carbocycles. The van der Waals surface area contributed by atoms with Gasteiger partial charge in [0.15, 0.2) is 8.68 Å². The van der Waals surface area contributed by atoms with Crippen molar-refractivity contribution in [2.75, 3.05) is 9.80 Å². The standard InChI is InChI=1S/2C29H20Cl3N3O4S2.C2H4O2/c2*1-14-9-18-10-16(6-8-22(18)39-14)25(36)23-24(15-3-2-4-19(30)11-15)35(27(38)26(23)37)28-33-34-29(41-28)40-13-17-5-7-20(31)12-21(17)32;1-2(3)4/h2*2-8,10-12,14,24,36H,9,13H2,1H3;1H3,(H,3,4)/b2*25-23+;. The molecule has 3 N–H and O–H groups in total. The highest BCUT2D eigenvalue weighted by Gasteiger charge is 2.50. The van der Waals surface area contributed by atoms with Crippen molar-refractivity contribution in [3.8, 4) is 11.5 Å². The zero-order chi connectivity index (χ0) is 61.2. The Kier molecular flexibility index (Phi) is 19.4. The fourth-order valence-electron chi connectivity index (χ4n) is 9.77. The lowest BCUT2D eigenvalue weighted by molar-refractivity contribution is -0.134. The Labute approximate surface area is 538 Å². The number of rotatable bonds is 12. The van der Waals surface area contributed by atoms with Crippen molar-refractivity contribution in [3.05, 3.63) is 207 Å². The SMILES string of the molecule is CC(=O)O.CC1Cc2cc(/C(O)=C3\C(=O)C(=O)N(c4nnc(SCc5ccc(Cl)cc5Cl)s4)C3c3cccc(Cl)c3)ccc2O1.CC1Cc2cc(/C(O)=C3\C(=O)C(=O)N(c4nnc(SCc5ccc(Cl)cc5Cl)s4)C3c3cccc(Cl)c3)ccc2O1. The fraction of sp³-hybridized carbons (Fsp3) is 0.183. The molecule has 0 aliphatic carbocycles. The van der Waals surface area contributed by atoms with Crippen molar-refractivity contribution in [2.45, 2.75) is 78.1 Å². The van der Waals surface area contributed by atoms with Gasteiger partial charge in [0.1, 0.15) is 35.2 Å². The number of aliphatic hydroxyl groups is 2. The van der Waals surface area contributed by atoms with Gasteiger partial charge in [-0.3, -0.25) is 33.8 Å². The lowest BCUT2D eigenvalue weighted by Gasteiger charge is -2.22. The number of Topliss-reactive ketones (excluding diaryl/α,β-unsaturated/α-hetero) is 2. The van der Waals surface area contributed by atoms with Crippen LogP contribution in [0.5, 0.6) is 11.5 Å². The molecule has 4 aliphatic rings. The average molecular weight is 1350 g/mol. The van der Waals surface area contributed by atoms with Crippen LogP contribution in [0.2, 0.25) is 30.1 Å². The highest BCUT2D eigenvalue weighted by atomic mass is 35.5. The van der Waals surface area contributed by atoms with Crippen LogP contribution in [0.1, 0.15) is 77.4 Å². The van der Waals surface area contributed by atoms with Crippen LogP contribution in [0, 0.1) is 0 Å². The van der Waals surface area contributed by atoms with Crippen LogP contribution >= 0.6 is 116 Å². The summed E-state index contributed by atoms with van der Waals surface area (Å²) in [5.41, 5.74) is 5.39. The number of aliphatic carboxylic acids is 1. The number of halogens is 6. The van der Waals surface area contributed by atoms with Gasteiger partial charge in [-0.2, -0.15) is 0 Å². The van der Waals surface area contributed by atoms with Gasteiger partial charge in [-0.05, 0) is 132 Å². The number of aliphatic hydroxyl groups excluding tert-OH is 2. The van der Waals surface area contributed by atoms with E-state index in [2.05, 4.69) is 20.4 Å². The number of hydrogen-bond acceptors (Lipinski definition) is 17. The summed E-state index contributed by atoms with van der Waals surface area (Å²) in [6, 6.07) is 32.7. The topological polar surface area (TPSA) is 223 Å². The zero-order valence-electron chi connectivity index (χ0n) is 45.0. The molecular weight excluding hydrogens is 1310 g/mol. The summed E-state index contributed by atoms with van der Waals surface area (Å²) < 4.78 is 12.7. The molecule has 0 radical (unpaired) electrons. The number of anilines is 2. The molecule has 2 saturated heterocycles. The quantitative estimate of drug-likeness (QED) is 0.0340. The molecule has 2 fully saturated rings. The Bertz CT molecular complexity index is 3850. The van der Waals surface area contributed by atoms with Crippen molar-refractivity contribution in [1.82, 2.24) is 20.4 Å².